The van der Waals surface area contributed by atoms with Gasteiger partial charge in [0.25, 0.3) is 0 Å². The third-order valence-corrected chi connectivity index (χ3v) is 4.07. The maximum Gasteiger partial charge on any atom is 0.236 e. The second-order valence-electron chi connectivity index (χ2n) is 5.41. The Morgan fingerprint density at radius 1 is 1.37 bits per heavy atom. The molecule has 4 nitrogen and oxygen atoms in total. The van der Waals surface area contributed by atoms with E-state index in [0.717, 1.165) is 23.7 Å². The average molecular weight is 283 g/mol. The number of carbonyl (C=O) groups is 1. The lowest BCUT2D eigenvalue weighted by Crippen LogP contribution is -2.43. The predicted octanol–water partition coefficient (Wildman–Crippen LogP) is 2.65. The minimum Gasteiger partial charge on any atom is -0.355 e. The monoisotopic (exact) mass is 283 g/mol. The molecular formula is C14H25N3OS. The summed E-state index contributed by atoms with van der Waals surface area (Å²) in [5.74, 6) is 0.668. The lowest BCUT2D eigenvalue weighted by atomic mass is 10.1. The molecule has 0 fully saturated rings. The molecule has 108 valence electrons. The molecule has 19 heavy (non-hydrogen) atoms. The molecule has 1 aromatic heterocycles. The van der Waals surface area contributed by atoms with E-state index in [4.69, 9.17) is 0 Å². The van der Waals surface area contributed by atoms with E-state index in [1.807, 2.05) is 26.2 Å². The Kier molecular flexibility index (Phi) is 6.45. The molecule has 0 radical (unpaired) electrons. The summed E-state index contributed by atoms with van der Waals surface area (Å²) in [5, 5.41) is 9.30. The van der Waals surface area contributed by atoms with Gasteiger partial charge in [-0.15, -0.1) is 11.3 Å². The van der Waals surface area contributed by atoms with E-state index in [9.17, 15) is 4.79 Å². The average Bonchev–Trinajstić information content (AvgIpc) is 2.75. The van der Waals surface area contributed by atoms with Gasteiger partial charge in [-0.1, -0.05) is 13.8 Å². The first-order chi connectivity index (χ1) is 8.90. The van der Waals surface area contributed by atoms with Crippen LogP contribution in [0.25, 0.3) is 0 Å². The van der Waals surface area contributed by atoms with Gasteiger partial charge in [-0.05, 0) is 33.1 Å². The summed E-state index contributed by atoms with van der Waals surface area (Å²) in [6, 6.07) is -0.101. The molecule has 1 aromatic rings. The molecule has 0 saturated carbocycles. The fourth-order valence-corrected chi connectivity index (χ4v) is 2.54. The van der Waals surface area contributed by atoms with Crippen molar-refractivity contribution >= 4 is 17.2 Å². The van der Waals surface area contributed by atoms with Crippen molar-refractivity contribution in [3.05, 3.63) is 16.1 Å². The standard InChI is InChI=1S/C14H25N3OS/c1-9(2)6-7-15-13(18)11(4)17-12(5)14-16-10(3)8-19-14/h8-9,11-12,17H,6-7H2,1-5H3,(H,15,18). The molecule has 2 N–H and O–H groups in total. The van der Waals surface area contributed by atoms with Gasteiger partial charge < -0.3 is 5.32 Å². The number of carbonyl (C=O) groups excluding carboxylic acids is 1. The van der Waals surface area contributed by atoms with Crippen LogP contribution in [0.2, 0.25) is 0 Å². The Balaban J connectivity index is 2.37. The van der Waals surface area contributed by atoms with Crippen molar-refractivity contribution in [3.8, 4) is 0 Å². The first kappa shape index (κ1) is 16.1. The van der Waals surface area contributed by atoms with E-state index in [1.165, 1.54) is 0 Å². The quantitative estimate of drug-likeness (QED) is 0.809. The molecule has 0 bridgehead atoms. The molecule has 5 heteroatoms. The zero-order valence-corrected chi connectivity index (χ0v) is 13.3. The summed E-state index contributed by atoms with van der Waals surface area (Å²) in [7, 11) is 0. The van der Waals surface area contributed by atoms with Crippen LogP contribution in [-0.4, -0.2) is 23.5 Å². The van der Waals surface area contributed by atoms with Crippen LogP contribution < -0.4 is 10.6 Å². The minimum absolute atomic E-state index is 0.0563. The molecule has 0 saturated heterocycles. The van der Waals surface area contributed by atoms with E-state index in [-0.39, 0.29) is 18.0 Å². The van der Waals surface area contributed by atoms with Crippen LogP contribution in [0.3, 0.4) is 0 Å². The van der Waals surface area contributed by atoms with Crippen molar-refractivity contribution < 1.29 is 4.79 Å². The summed E-state index contributed by atoms with van der Waals surface area (Å²) in [6.45, 7) is 11.0. The topological polar surface area (TPSA) is 54.0 Å². The zero-order valence-electron chi connectivity index (χ0n) is 12.5. The molecule has 1 heterocycles. The SMILES string of the molecule is Cc1csc(C(C)NC(C)C(=O)NCCC(C)C)n1. The molecule has 1 amide bonds. The van der Waals surface area contributed by atoms with Gasteiger partial charge in [0.15, 0.2) is 0 Å². The van der Waals surface area contributed by atoms with E-state index >= 15 is 0 Å². The van der Waals surface area contributed by atoms with Crippen LogP contribution in [0.5, 0.6) is 0 Å². The summed E-state index contributed by atoms with van der Waals surface area (Å²) in [6.07, 6.45) is 1.01. The molecule has 0 aliphatic carbocycles. The number of nitrogens with one attached hydrogen (secondary N) is 2. The van der Waals surface area contributed by atoms with E-state index < -0.39 is 0 Å². The van der Waals surface area contributed by atoms with Crippen LogP contribution >= 0.6 is 11.3 Å². The Hall–Kier alpha value is -0.940. The molecule has 2 atom stereocenters. The number of thiazole rings is 1. The minimum atomic E-state index is -0.202. The highest BCUT2D eigenvalue weighted by atomic mass is 32.1. The van der Waals surface area contributed by atoms with Crippen molar-refractivity contribution in [2.24, 2.45) is 5.92 Å². The Morgan fingerprint density at radius 2 is 2.05 bits per heavy atom. The summed E-state index contributed by atoms with van der Waals surface area (Å²) in [4.78, 5) is 16.3. The first-order valence-corrected chi connectivity index (χ1v) is 7.74. The smallest absolute Gasteiger partial charge is 0.236 e. The van der Waals surface area contributed by atoms with Gasteiger partial charge in [0.2, 0.25) is 5.91 Å². The molecule has 0 aliphatic rings. The molecule has 1 rings (SSSR count). The van der Waals surface area contributed by atoms with Gasteiger partial charge in [-0.25, -0.2) is 4.98 Å². The van der Waals surface area contributed by atoms with Gasteiger partial charge in [-0.2, -0.15) is 0 Å². The van der Waals surface area contributed by atoms with Crippen molar-refractivity contribution in [2.75, 3.05) is 6.54 Å². The maximum absolute atomic E-state index is 11.9. The van der Waals surface area contributed by atoms with Crippen molar-refractivity contribution in [2.45, 2.75) is 53.1 Å². The number of aromatic nitrogens is 1. The molecule has 0 spiro atoms. The second kappa shape index (κ2) is 7.60. The highest BCUT2D eigenvalue weighted by Crippen LogP contribution is 2.17. The number of nitrogens with zero attached hydrogens (tertiary/aromatic N) is 1. The molecular weight excluding hydrogens is 258 g/mol. The lowest BCUT2D eigenvalue weighted by molar-refractivity contribution is -0.122. The Labute approximate surface area is 120 Å². The zero-order chi connectivity index (χ0) is 14.4. The Morgan fingerprint density at radius 3 is 2.58 bits per heavy atom. The van der Waals surface area contributed by atoms with Crippen molar-refractivity contribution in [1.29, 1.82) is 0 Å². The van der Waals surface area contributed by atoms with Gasteiger partial charge in [0, 0.05) is 17.6 Å². The number of amides is 1. The number of hydrogen-bond donors (Lipinski definition) is 2. The lowest BCUT2D eigenvalue weighted by Gasteiger charge is -2.18. The summed E-state index contributed by atoms with van der Waals surface area (Å²) >= 11 is 1.63. The third kappa shape index (κ3) is 5.70. The van der Waals surface area contributed by atoms with Crippen LogP contribution in [0.1, 0.15) is 50.9 Å². The summed E-state index contributed by atoms with van der Waals surface area (Å²) in [5.41, 5.74) is 1.03. The van der Waals surface area contributed by atoms with Crippen LogP contribution in [0, 0.1) is 12.8 Å². The Bertz CT molecular complexity index is 403. The number of rotatable bonds is 7. The van der Waals surface area contributed by atoms with Gasteiger partial charge >= 0.3 is 0 Å². The highest BCUT2D eigenvalue weighted by molar-refractivity contribution is 7.09. The molecule has 0 aromatic carbocycles. The van der Waals surface area contributed by atoms with Gasteiger partial charge in [0.05, 0.1) is 12.1 Å². The first-order valence-electron chi connectivity index (χ1n) is 6.86. The fourth-order valence-electron chi connectivity index (χ4n) is 1.73. The van der Waals surface area contributed by atoms with Crippen molar-refractivity contribution in [3.63, 3.8) is 0 Å². The maximum atomic E-state index is 11.9. The van der Waals surface area contributed by atoms with E-state index in [2.05, 4.69) is 29.5 Å². The fraction of sp³-hybridized carbons (Fsp3) is 0.714. The number of aryl methyl sites for hydroxylation is 1. The third-order valence-electron chi connectivity index (χ3n) is 2.92. The summed E-state index contributed by atoms with van der Waals surface area (Å²) < 4.78 is 0. The largest absolute Gasteiger partial charge is 0.355 e. The van der Waals surface area contributed by atoms with Crippen LogP contribution in [0.15, 0.2) is 5.38 Å². The number of hydrogen-bond acceptors (Lipinski definition) is 4. The van der Waals surface area contributed by atoms with Gasteiger partial charge in [0.1, 0.15) is 5.01 Å². The second-order valence-corrected chi connectivity index (χ2v) is 6.30. The van der Waals surface area contributed by atoms with E-state index in [1.54, 1.807) is 11.3 Å². The predicted molar refractivity (Wildman–Crippen MR) is 80.3 cm³/mol. The van der Waals surface area contributed by atoms with Crippen LogP contribution in [-0.2, 0) is 4.79 Å². The van der Waals surface area contributed by atoms with Crippen LogP contribution in [0.4, 0.5) is 0 Å². The highest BCUT2D eigenvalue weighted by Gasteiger charge is 2.17. The van der Waals surface area contributed by atoms with Gasteiger partial charge in [-0.3, -0.25) is 10.1 Å². The normalized spacial score (nSPS) is 14.4. The van der Waals surface area contributed by atoms with E-state index in [0.29, 0.717) is 5.92 Å². The molecule has 2 unspecified atom stereocenters. The van der Waals surface area contributed by atoms with Crippen molar-refractivity contribution in [1.82, 2.24) is 15.6 Å². The molecule has 0 aliphatic heterocycles.